The van der Waals surface area contributed by atoms with Crippen LogP contribution in [0.25, 0.3) is 12.2 Å². The number of carbonyl (C=O) groups excluding carboxylic acids is 4. The predicted molar refractivity (Wildman–Crippen MR) is 278 cm³/mol. The Balaban J connectivity index is 1.13. The first-order chi connectivity index (χ1) is 34.2. The van der Waals surface area contributed by atoms with Crippen LogP contribution in [0.1, 0.15) is 132 Å². The van der Waals surface area contributed by atoms with Crippen LogP contribution in [0.3, 0.4) is 0 Å². The van der Waals surface area contributed by atoms with Gasteiger partial charge in [-0.05, 0) is 160 Å². The van der Waals surface area contributed by atoms with Crippen molar-refractivity contribution >= 4 is 47.0 Å². The van der Waals surface area contributed by atoms with Crippen LogP contribution in [0, 0.1) is 17.3 Å². The number of ether oxygens (including phenoxy) is 4. The molecule has 0 unspecified atom stereocenters. The Morgan fingerprint density at radius 3 is 1.34 bits per heavy atom. The van der Waals surface area contributed by atoms with Crippen LogP contribution < -0.4 is 20.9 Å². The van der Waals surface area contributed by atoms with Gasteiger partial charge in [0, 0.05) is 36.4 Å². The van der Waals surface area contributed by atoms with E-state index in [0.717, 1.165) is 83.5 Å². The van der Waals surface area contributed by atoms with E-state index in [1.165, 1.54) is 12.2 Å². The minimum atomic E-state index is -3.07. The quantitative estimate of drug-likeness (QED) is 0.0116. The predicted octanol–water partition coefficient (Wildman–Crippen LogP) is 10.6. The summed E-state index contributed by atoms with van der Waals surface area (Å²) in [5, 5.41) is 24.5. The maximum absolute atomic E-state index is 14.2. The number of benzene rings is 4. The summed E-state index contributed by atoms with van der Waals surface area (Å²) < 4.78 is 23.5. The Kier molecular flexibility index (Phi) is 20.7. The molecule has 6 N–H and O–H groups in total. The number of aliphatic hydroxyl groups is 2. The highest BCUT2D eigenvalue weighted by Crippen LogP contribution is 2.43. The number of unbranched alkanes of at least 4 members (excludes halogenated alkanes) is 4. The highest BCUT2D eigenvalue weighted by Gasteiger charge is 2.54. The molecule has 12 heteroatoms. The molecule has 0 radical (unpaired) electrons. The fourth-order valence-corrected chi connectivity index (χ4v) is 9.57. The minimum absolute atomic E-state index is 0.0921. The zero-order chi connectivity index (χ0) is 50.6. The number of allylic oxidation sites excluding steroid dienone is 1. The fraction of sp³-hybridized carbons (Fsp3) is 0.458. The number of rotatable bonds is 26. The van der Waals surface area contributed by atoms with Crippen molar-refractivity contribution in [2.45, 2.75) is 141 Å². The van der Waals surface area contributed by atoms with Gasteiger partial charge in [0.15, 0.2) is 5.78 Å². The lowest BCUT2D eigenvalue weighted by atomic mass is 9.65. The van der Waals surface area contributed by atoms with Crippen molar-refractivity contribution in [1.29, 1.82) is 0 Å². The van der Waals surface area contributed by atoms with Crippen molar-refractivity contribution in [3.8, 4) is 11.5 Å². The number of carbonyl (C=O) groups is 4. The van der Waals surface area contributed by atoms with Gasteiger partial charge in [0.25, 0.3) is 0 Å². The Bertz CT molecular complexity index is 2310. The molecule has 4 aromatic carbocycles. The maximum atomic E-state index is 14.2. The zero-order valence-corrected chi connectivity index (χ0v) is 41.6. The third kappa shape index (κ3) is 16.6. The Labute approximate surface area is 419 Å². The summed E-state index contributed by atoms with van der Waals surface area (Å²) in [6.45, 7) is 5.84. The molecule has 0 spiro atoms. The second kappa shape index (κ2) is 27.1. The van der Waals surface area contributed by atoms with E-state index in [4.69, 9.17) is 30.4 Å². The van der Waals surface area contributed by atoms with Crippen molar-refractivity contribution in [1.82, 2.24) is 0 Å². The lowest BCUT2D eigenvalue weighted by Gasteiger charge is -2.42. The summed E-state index contributed by atoms with van der Waals surface area (Å²) in [5.74, 6) is -4.77. The van der Waals surface area contributed by atoms with Crippen molar-refractivity contribution in [3.63, 3.8) is 0 Å². The van der Waals surface area contributed by atoms with Gasteiger partial charge in [-0.3, -0.25) is 19.2 Å². The third-order valence-corrected chi connectivity index (χ3v) is 13.9. The number of hydrogen-bond donors (Lipinski definition) is 4. The molecule has 0 atom stereocenters. The van der Waals surface area contributed by atoms with Gasteiger partial charge in [-0.15, -0.1) is 0 Å². The number of nitrogens with two attached hydrogens (primary N) is 2. The van der Waals surface area contributed by atoms with Gasteiger partial charge in [-0.25, -0.2) is 0 Å². The van der Waals surface area contributed by atoms with Gasteiger partial charge in [0.1, 0.15) is 11.5 Å². The first-order valence-corrected chi connectivity index (χ1v) is 25.7. The summed E-state index contributed by atoms with van der Waals surface area (Å²) in [6.07, 6.45) is 18.1. The average molecular weight is 971 g/mol. The monoisotopic (exact) mass is 971 g/mol. The maximum Gasteiger partial charge on any atom is 0.314 e. The summed E-state index contributed by atoms with van der Waals surface area (Å²) in [6, 6.07) is 27.0. The number of anilines is 2. The number of esters is 2. The molecule has 0 heterocycles. The largest absolute Gasteiger partial charge is 0.426 e. The van der Waals surface area contributed by atoms with E-state index < -0.39 is 29.2 Å². The van der Waals surface area contributed by atoms with E-state index in [2.05, 4.69) is 13.8 Å². The second-order valence-corrected chi connectivity index (χ2v) is 19.5. The minimum Gasteiger partial charge on any atom is -0.426 e. The van der Waals surface area contributed by atoms with E-state index in [-0.39, 0.29) is 48.8 Å². The average Bonchev–Trinajstić information content (AvgIpc) is 3.37. The van der Waals surface area contributed by atoms with Crippen molar-refractivity contribution in [2.24, 2.45) is 17.3 Å². The molecule has 71 heavy (non-hydrogen) atoms. The number of nitrogen functional groups attached to an aromatic ring is 2. The second-order valence-electron chi connectivity index (χ2n) is 19.5. The molecule has 0 bridgehead atoms. The molecule has 2 aliphatic rings. The van der Waals surface area contributed by atoms with Crippen molar-refractivity contribution in [3.05, 3.63) is 131 Å². The van der Waals surface area contributed by atoms with Crippen LogP contribution >= 0.6 is 0 Å². The zero-order valence-electron chi connectivity index (χ0n) is 41.6. The first-order valence-electron chi connectivity index (χ1n) is 25.7. The smallest absolute Gasteiger partial charge is 0.314 e. The van der Waals surface area contributed by atoms with Crippen LogP contribution in [0.15, 0.2) is 109 Å². The van der Waals surface area contributed by atoms with E-state index in [1.54, 1.807) is 103 Å². The highest BCUT2D eigenvalue weighted by atomic mass is 16.5. The molecule has 2 aliphatic carbocycles. The van der Waals surface area contributed by atoms with Crippen LogP contribution in [0.2, 0.25) is 0 Å². The first kappa shape index (κ1) is 54.4. The van der Waals surface area contributed by atoms with Crippen LogP contribution in [-0.2, 0) is 41.5 Å². The summed E-state index contributed by atoms with van der Waals surface area (Å²) in [7, 11) is 0. The topological polar surface area (TPSA) is 198 Å². The highest BCUT2D eigenvalue weighted by molar-refractivity contribution is 6.01. The number of hydrogen-bond acceptors (Lipinski definition) is 12. The Hall–Kier alpha value is -5.92. The van der Waals surface area contributed by atoms with Gasteiger partial charge < -0.3 is 40.6 Å². The molecule has 0 amide bonds. The molecular weight excluding hydrogens is 897 g/mol. The normalized spacial score (nSPS) is 18.6. The van der Waals surface area contributed by atoms with Crippen molar-refractivity contribution < 1.29 is 48.3 Å². The summed E-state index contributed by atoms with van der Waals surface area (Å²) in [5.41, 5.74) is 13.7. The number of ketones is 2. The van der Waals surface area contributed by atoms with Gasteiger partial charge >= 0.3 is 11.9 Å². The van der Waals surface area contributed by atoms with Crippen LogP contribution in [0.4, 0.5) is 11.4 Å². The molecule has 0 saturated heterocycles. The van der Waals surface area contributed by atoms with E-state index in [0.29, 0.717) is 70.8 Å². The lowest BCUT2D eigenvalue weighted by molar-refractivity contribution is -0.230. The molecule has 2 fully saturated rings. The lowest BCUT2D eigenvalue weighted by Crippen LogP contribution is -2.57. The molecular formula is C59H74N2O10. The molecule has 6 rings (SSSR count). The van der Waals surface area contributed by atoms with E-state index in [9.17, 15) is 29.4 Å². The molecule has 0 aliphatic heterocycles. The van der Waals surface area contributed by atoms with Gasteiger partial charge in [-0.1, -0.05) is 100 Å². The van der Waals surface area contributed by atoms with E-state index >= 15 is 0 Å². The standard InChI is InChI=1S/C59H74N2O10/c1-3-5-7-37-68-51-32-19-46(20-33-51)56(64)70-53-28-14-42(15-29-53)13-27-50(62)41-58(39-44-9-23-48(60)24-10-44,40-45-11-25-49(61)26-12-45)59(66,67)55(63)36-18-43-16-30-54(31-17-43)71-57(65)47-21-34-52(35-22-47)69-38-8-6-4-2/h9-18,23-31,36,46-47,51-52,66-67H,3-8,19-22,32-35,37-41,60-61H2,1-2H3/b27-13+,36-18+. The van der Waals surface area contributed by atoms with E-state index in [1.807, 2.05) is 0 Å². The van der Waals surface area contributed by atoms with Gasteiger partial charge in [0.05, 0.1) is 24.0 Å². The van der Waals surface area contributed by atoms with Crippen LogP contribution in [0.5, 0.6) is 11.5 Å². The molecule has 12 nitrogen and oxygen atoms in total. The SMILES string of the molecule is CCCCCOC1CCC(C(=O)Oc2ccc(/C=C/C(=O)CC(Cc3ccc(N)cc3)(Cc3ccc(N)cc3)C(O)(O)C(=O)/C=C/c3ccc(OC(=O)C4CCC(OCCCCC)CC4)cc3)cc2)CC1. The molecule has 380 valence electrons. The molecule has 4 aromatic rings. The molecule has 2 saturated carbocycles. The third-order valence-electron chi connectivity index (χ3n) is 13.9. The fourth-order valence-electron chi connectivity index (χ4n) is 9.57. The van der Waals surface area contributed by atoms with Crippen molar-refractivity contribution in [2.75, 3.05) is 24.7 Å². The Morgan fingerprint density at radius 2 is 0.944 bits per heavy atom. The Morgan fingerprint density at radius 1 is 0.549 bits per heavy atom. The van der Waals surface area contributed by atoms with Gasteiger partial charge in [-0.2, -0.15) is 0 Å². The summed E-state index contributed by atoms with van der Waals surface area (Å²) >= 11 is 0. The summed E-state index contributed by atoms with van der Waals surface area (Å²) in [4.78, 5) is 54.5. The molecule has 0 aromatic heterocycles. The van der Waals surface area contributed by atoms with Gasteiger partial charge in [0.2, 0.25) is 11.6 Å². The van der Waals surface area contributed by atoms with Crippen LogP contribution in [-0.4, -0.2) is 64.9 Å².